The molecule has 0 aliphatic heterocycles. The van der Waals surface area contributed by atoms with Gasteiger partial charge < -0.3 is 9.73 Å². The number of amides is 1. The Hall–Kier alpha value is -3.43. The van der Waals surface area contributed by atoms with Crippen molar-refractivity contribution in [3.8, 4) is 5.69 Å². The number of hydrogen-bond acceptors (Lipinski definition) is 3. The summed E-state index contributed by atoms with van der Waals surface area (Å²) in [7, 11) is 0. The molecule has 5 nitrogen and oxygen atoms in total. The van der Waals surface area contributed by atoms with Crippen LogP contribution in [0.1, 0.15) is 29.5 Å². The number of aromatic nitrogens is 2. The summed E-state index contributed by atoms with van der Waals surface area (Å²) in [6.45, 7) is 1.96. The third-order valence-corrected chi connectivity index (χ3v) is 4.25. The van der Waals surface area contributed by atoms with E-state index in [2.05, 4.69) is 10.4 Å². The van der Waals surface area contributed by atoms with Crippen molar-refractivity contribution in [2.45, 2.75) is 25.9 Å². The fourth-order valence-electron chi connectivity index (χ4n) is 2.71. The molecule has 1 amide bonds. The quantitative estimate of drug-likeness (QED) is 0.430. The van der Waals surface area contributed by atoms with Gasteiger partial charge in [0.1, 0.15) is 5.76 Å². The summed E-state index contributed by atoms with van der Waals surface area (Å²) in [4.78, 5) is 12.0. The Morgan fingerprint density at radius 1 is 1.20 bits per heavy atom. The minimum Gasteiger partial charge on any atom is -0.465 e. The molecule has 0 fully saturated rings. The van der Waals surface area contributed by atoms with Crippen molar-refractivity contribution >= 4 is 17.7 Å². The monoisotopic (exact) mass is 425 g/mol. The average molecular weight is 425 g/mol. The highest BCUT2D eigenvalue weighted by molar-refractivity contribution is 6.02. The van der Waals surface area contributed by atoms with Gasteiger partial charge in [-0.25, -0.2) is 13.5 Å². The standard InChI is InChI=1S/C20H16F5N3O2/c1-12-16(27-18(29)8-6-14-4-3-9-30-14)11-26-28(12)17-7-5-13(19(2,21)22)10-15(17)20(23,24)25/h3-11H,1-2H3,(H,27,29)/b8-6+. The molecular weight excluding hydrogens is 409 g/mol. The molecule has 0 saturated carbocycles. The van der Waals surface area contributed by atoms with Crippen molar-refractivity contribution in [2.24, 2.45) is 0 Å². The zero-order chi connectivity index (χ0) is 22.1. The van der Waals surface area contributed by atoms with Gasteiger partial charge in [-0.3, -0.25) is 4.79 Å². The van der Waals surface area contributed by atoms with Crippen molar-refractivity contribution in [1.82, 2.24) is 9.78 Å². The largest absolute Gasteiger partial charge is 0.465 e. The van der Waals surface area contributed by atoms with E-state index < -0.39 is 34.8 Å². The lowest BCUT2D eigenvalue weighted by Gasteiger charge is -2.18. The van der Waals surface area contributed by atoms with E-state index in [-0.39, 0.29) is 11.4 Å². The van der Waals surface area contributed by atoms with Gasteiger partial charge in [-0.15, -0.1) is 0 Å². The Morgan fingerprint density at radius 3 is 2.53 bits per heavy atom. The van der Waals surface area contributed by atoms with Gasteiger partial charge in [-0.2, -0.15) is 18.3 Å². The normalized spacial score (nSPS) is 12.5. The third kappa shape index (κ3) is 4.58. The summed E-state index contributed by atoms with van der Waals surface area (Å²) < 4.78 is 73.5. The number of nitrogens with one attached hydrogen (secondary N) is 1. The van der Waals surface area contributed by atoms with Crippen molar-refractivity contribution in [1.29, 1.82) is 0 Å². The molecule has 3 aromatic rings. The maximum Gasteiger partial charge on any atom is 0.418 e. The molecule has 0 aliphatic carbocycles. The topological polar surface area (TPSA) is 60.1 Å². The highest BCUT2D eigenvalue weighted by Crippen LogP contribution is 2.38. The molecule has 1 aromatic carbocycles. The number of rotatable bonds is 5. The van der Waals surface area contributed by atoms with Crippen LogP contribution < -0.4 is 5.32 Å². The Labute approximate surface area is 167 Å². The van der Waals surface area contributed by atoms with Crippen LogP contribution in [0.4, 0.5) is 27.6 Å². The molecule has 30 heavy (non-hydrogen) atoms. The van der Waals surface area contributed by atoms with Gasteiger partial charge in [0.05, 0.1) is 35.1 Å². The number of anilines is 1. The third-order valence-electron chi connectivity index (χ3n) is 4.25. The van der Waals surface area contributed by atoms with E-state index in [1.165, 1.54) is 31.5 Å². The number of furan rings is 1. The summed E-state index contributed by atoms with van der Waals surface area (Å²) in [6, 6.07) is 5.52. The van der Waals surface area contributed by atoms with Gasteiger partial charge in [0, 0.05) is 18.6 Å². The smallest absolute Gasteiger partial charge is 0.418 e. The molecule has 2 heterocycles. The summed E-state index contributed by atoms with van der Waals surface area (Å²) in [5.41, 5.74) is -2.10. The SMILES string of the molecule is Cc1c(NC(=O)/C=C/c2ccco2)cnn1-c1ccc(C(C)(F)F)cc1C(F)(F)F. The highest BCUT2D eigenvalue weighted by Gasteiger charge is 2.37. The summed E-state index contributed by atoms with van der Waals surface area (Å²) in [5, 5.41) is 6.39. The molecule has 0 unspecified atom stereocenters. The minimum absolute atomic E-state index is 0.169. The molecule has 0 atom stereocenters. The number of carbonyl (C=O) groups excluding carboxylic acids is 1. The van der Waals surface area contributed by atoms with Crippen molar-refractivity contribution in [3.63, 3.8) is 0 Å². The first-order chi connectivity index (χ1) is 14.0. The van der Waals surface area contributed by atoms with E-state index in [1.54, 1.807) is 12.1 Å². The number of nitrogens with zero attached hydrogens (tertiary/aromatic N) is 2. The zero-order valence-electron chi connectivity index (χ0n) is 15.8. The van der Waals surface area contributed by atoms with Crippen LogP contribution in [-0.2, 0) is 16.9 Å². The van der Waals surface area contributed by atoms with E-state index in [4.69, 9.17) is 4.42 Å². The second-order valence-corrected chi connectivity index (χ2v) is 6.51. The van der Waals surface area contributed by atoms with Crippen LogP contribution in [0.5, 0.6) is 0 Å². The maximum absolute atomic E-state index is 13.5. The van der Waals surface area contributed by atoms with Crippen LogP contribution >= 0.6 is 0 Å². The van der Waals surface area contributed by atoms with Gasteiger partial charge in [-0.05, 0) is 37.3 Å². The number of halogens is 5. The molecule has 0 aliphatic rings. The van der Waals surface area contributed by atoms with E-state index in [0.717, 1.165) is 16.8 Å². The molecule has 0 saturated heterocycles. The number of carbonyl (C=O) groups is 1. The molecule has 0 radical (unpaired) electrons. The van der Waals surface area contributed by atoms with E-state index in [0.29, 0.717) is 18.8 Å². The van der Waals surface area contributed by atoms with Gasteiger partial charge in [0.2, 0.25) is 5.91 Å². The van der Waals surface area contributed by atoms with Gasteiger partial charge in [0.15, 0.2) is 0 Å². The minimum atomic E-state index is -4.88. The van der Waals surface area contributed by atoms with Crippen LogP contribution in [0, 0.1) is 6.92 Å². The van der Waals surface area contributed by atoms with Crippen LogP contribution in [0.2, 0.25) is 0 Å². The van der Waals surface area contributed by atoms with Crippen LogP contribution in [0.15, 0.2) is 53.3 Å². The summed E-state index contributed by atoms with van der Waals surface area (Å²) >= 11 is 0. The van der Waals surface area contributed by atoms with Crippen LogP contribution in [0.25, 0.3) is 11.8 Å². The van der Waals surface area contributed by atoms with Gasteiger partial charge >= 0.3 is 6.18 Å². The Balaban J connectivity index is 1.92. The fraction of sp³-hybridized carbons (Fsp3) is 0.200. The zero-order valence-corrected chi connectivity index (χ0v) is 15.8. The van der Waals surface area contributed by atoms with Crippen molar-refractivity contribution in [2.75, 3.05) is 5.32 Å². The molecule has 158 valence electrons. The molecule has 0 spiro atoms. The lowest BCUT2D eigenvalue weighted by molar-refractivity contribution is -0.137. The Kier molecular flexibility index (Phi) is 5.51. The predicted octanol–water partition coefficient (Wildman–Crippen LogP) is 5.56. The van der Waals surface area contributed by atoms with Gasteiger partial charge in [0.25, 0.3) is 5.92 Å². The lowest BCUT2D eigenvalue weighted by atomic mass is 10.0. The van der Waals surface area contributed by atoms with E-state index in [1.807, 2.05) is 0 Å². The first kappa shape index (κ1) is 21.3. The number of benzene rings is 1. The second-order valence-electron chi connectivity index (χ2n) is 6.51. The highest BCUT2D eigenvalue weighted by atomic mass is 19.4. The van der Waals surface area contributed by atoms with Crippen LogP contribution in [-0.4, -0.2) is 15.7 Å². The molecule has 0 bridgehead atoms. The second kappa shape index (κ2) is 7.77. The Bertz CT molecular complexity index is 1080. The first-order valence-corrected chi connectivity index (χ1v) is 8.64. The van der Waals surface area contributed by atoms with Crippen LogP contribution in [0.3, 0.4) is 0 Å². The number of alkyl halides is 5. The predicted molar refractivity (Wildman–Crippen MR) is 99.2 cm³/mol. The molecule has 3 rings (SSSR count). The molecule has 10 heteroatoms. The van der Waals surface area contributed by atoms with Crippen molar-refractivity contribution < 1.29 is 31.2 Å². The molecule has 2 aromatic heterocycles. The number of hydrogen-bond donors (Lipinski definition) is 1. The summed E-state index contributed by atoms with van der Waals surface area (Å²) in [5.74, 6) is -3.54. The Morgan fingerprint density at radius 2 is 1.93 bits per heavy atom. The van der Waals surface area contributed by atoms with E-state index >= 15 is 0 Å². The first-order valence-electron chi connectivity index (χ1n) is 8.64. The van der Waals surface area contributed by atoms with E-state index in [9.17, 15) is 26.7 Å². The summed E-state index contributed by atoms with van der Waals surface area (Å²) in [6.07, 6.45) is 0.333. The molecular formula is C20H16F5N3O2. The molecule has 1 N–H and O–H groups in total. The average Bonchev–Trinajstić information content (AvgIpc) is 3.29. The lowest BCUT2D eigenvalue weighted by Crippen LogP contribution is -2.16. The fourth-order valence-corrected chi connectivity index (χ4v) is 2.71. The maximum atomic E-state index is 13.5. The van der Waals surface area contributed by atoms with Gasteiger partial charge in [-0.1, -0.05) is 6.07 Å². The van der Waals surface area contributed by atoms with Crippen molar-refractivity contribution in [3.05, 3.63) is 71.4 Å².